The third-order valence-corrected chi connectivity index (χ3v) is 3.52. The molecule has 1 N–H and O–H groups in total. The SMILES string of the molecule is CCOC(=O)c1cn(CC)c2ccc(NC(=O)CC)cc2c1=O. The molecule has 0 radical (unpaired) electrons. The smallest absolute Gasteiger partial charge is 0.343 e. The van der Waals surface area contributed by atoms with E-state index in [-0.39, 0.29) is 18.1 Å². The molecule has 2 rings (SSSR count). The Morgan fingerprint density at radius 2 is 1.96 bits per heavy atom. The molecule has 0 saturated carbocycles. The van der Waals surface area contributed by atoms with E-state index in [4.69, 9.17) is 4.74 Å². The molecule has 0 bridgehead atoms. The van der Waals surface area contributed by atoms with Crippen molar-refractivity contribution >= 4 is 28.5 Å². The summed E-state index contributed by atoms with van der Waals surface area (Å²) in [7, 11) is 0. The average Bonchev–Trinajstić information content (AvgIpc) is 2.55. The second kappa shape index (κ2) is 7.09. The molecule has 1 heterocycles. The number of amides is 1. The van der Waals surface area contributed by atoms with Crippen molar-refractivity contribution in [1.29, 1.82) is 0 Å². The van der Waals surface area contributed by atoms with Crippen LogP contribution in [0.25, 0.3) is 10.9 Å². The van der Waals surface area contributed by atoms with Crippen LogP contribution in [-0.4, -0.2) is 23.1 Å². The fourth-order valence-electron chi connectivity index (χ4n) is 2.34. The molecule has 0 spiro atoms. The molecule has 1 aromatic heterocycles. The summed E-state index contributed by atoms with van der Waals surface area (Å²) < 4.78 is 6.76. The van der Waals surface area contributed by atoms with E-state index in [2.05, 4.69) is 5.32 Å². The number of carbonyl (C=O) groups excluding carboxylic acids is 2. The van der Waals surface area contributed by atoms with Crippen molar-refractivity contribution in [1.82, 2.24) is 4.57 Å². The Morgan fingerprint density at radius 3 is 2.57 bits per heavy atom. The van der Waals surface area contributed by atoms with E-state index in [1.54, 1.807) is 32.0 Å². The molecule has 1 aromatic carbocycles. The Morgan fingerprint density at radius 1 is 1.22 bits per heavy atom. The molecule has 0 saturated heterocycles. The monoisotopic (exact) mass is 316 g/mol. The number of hydrogen-bond acceptors (Lipinski definition) is 4. The first-order chi connectivity index (χ1) is 11.0. The zero-order valence-electron chi connectivity index (χ0n) is 13.5. The Bertz CT molecular complexity index is 808. The van der Waals surface area contributed by atoms with Gasteiger partial charge in [0, 0.05) is 30.2 Å². The van der Waals surface area contributed by atoms with Gasteiger partial charge in [-0.15, -0.1) is 0 Å². The van der Waals surface area contributed by atoms with E-state index >= 15 is 0 Å². The number of benzene rings is 1. The van der Waals surface area contributed by atoms with Crippen LogP contribution in [0.5, 0.6) is 0 Å². The van der Waals surface area contributed by atoms with Crippen LogP contribution in [0.4, 0.5) is 5.69 Å². The standard InChI is InChI=1S/C17H20N2O4/c1-4-15(20)18-11-7-8-14-12(9-11)16(21)13(10-19(14)5-2)17(22)23-6-3/h7-10H,4-6H2,1-3H3,(H,18,20). The largest absolute Gasteiger partial charge is 0.462 e. The van der Waals surface area contributed by atoms with Crippen LogP contribution in [0, 0.1) is 0 Å². The van der Waals surface area contributed by atoms with Gasteiger partial charge in [-0.05, 0) is 32.0 Å². The van der Waals surface area contributed by atoms with Gasteiger partial charge in [-0.2, -0.15) is 0 Å². The molecule has 0 aliphatic rings. The summed E-state index contributed by atoms with van der Waals surface area (Å²) in [5, 5.41) is 3.10. The van der Waals surface area contributed by atoms with Gasteiger partial charge in [0.25, 0.3) is 0 Å². The van der Waals surface area contributed by atoms with Crippen molar-refractivity contribution < 1.29 is 14.3 Å². The van der Waals surface area contributed by atoms with E-state index in [0.29, 0.717) is 29.6 Å². The first-order valence-corrected chi connectivity index (χ1v) is 7.65. The van der Waals surface area contributed by atoms with E-state index in [1.165, 1.54) is 6.20 Å². The Labute approximate surface area is 134 Å². The number of nitrogens with one attached hydrogen (secondary N) is 1. The summed E-state index contributed by atoms with van der Waals surface area (Å²) in [5.74, 6) is -0.772. The summed E-state index contributed by atoms with van der Waals surface area (Å²) in [4.78, 5) is 36.1. The van der Waals surface area contributed by atoms with Crippen LogP contribution in [0.3, 0.4) is 0 Å². The highest BCUT2D eigenvalue weighted by Crippen LogP contribution is 2.18. The van der Waals surface area contributed by atoms with Gasteiger partial charge >= 0.3 is 5.97 Å². The van der Waals surface area contributed by atoms with Gasteiger partial charge in [0.1, 0.15) is 5.56 Å². The molecule has 0 fully saturated rings. The number of anilines is 1. The lowest BCUT2D eigenvalue weighted by Crippen LogP contribution is -2.21. The third-order valence-electron chi connectivity index (χ3n) is 3.52. The van der Waals surface area contributed by atoms with Crippen molar-refractivity contribution in [3.63, 3.8) is 0 Å². The number of esters is 1. The summed E-state index contributed by atoms with van der Waals surface area (Å²) in [5.41, 5.74) is 0.848. The lowest BCUT2D eigenvalue weighted by atomic mass is 10.1. The van der Waals surface area contributed by atoms with E-state index < -0.39 is 11.4 Å². The van der Waals surface area contributed by atoms with E-state index in [0.717, 1.165) is 0 Å². The van der Waals surface area contributed by atoms with Crippen LogP contribution < -0.4 is 10.7 Å². The molecule has 6 nitrogen and oxygen atoms in total. The number of rotatable bonds is 5. The molecule has 0 aliphatic carbocycles. The van der Waals surface area contributed by atoms with Gasteiger partial charge in [0.05, 0.1) is 12.1 Å². The molecule has 0 atom stereocenters. The van der Waals surface area contributed by atoms with Gasteiger partial charge in [-0.3, -0.25) is 9.59 Å². The highest BCUT2D eigenvalue weighted by molar-refractivity contribution is 5.96. The van der Waals surface area contributed by atoms with Gasteiger partial charge in [0.2, 0.25) is 11.3 Å². The maximum Gasteiger partial charge on any atom is 0.343 e. The molecule has 0 unspecified atom stereocenters. The van der Waals surface area contributed by atoms with Crippen LogP contribution in [0.2, 0.25) is 0 Å². The molecule has 2 aromatic rings. The lowest BCUT2D eigenvalue weighted by molar-refractivity contribution is -0.115. The fourth-order valence-corrected chi connectivity index (χ4v) is 2.34. The van der Waals surface area contributed by atoms with Crippen LogP contribution in [-0.2, 0) is 16.1 Å². The zero-order valence-corrected chi connectivity index (χ0v) is 13.5. The predicted octanol–water partition coefficient (Wildman–Crippen LogP) is 2.55. The quantitative estimate of drug-likeness (QED) is 0.860. The topological polar surface area (TPSA) is 77.4 Å². The second-order valence-electron chi connectivity index (χ2n) is 5.01. The summed E-state index contributed by atoms with van der Waals surface area (Å²) in [6.45, 7) is 6.17. The van der Waals surface area contributed by atoms with Crippen molar-refractivity contribution in [3.8, 4) is 0 Å². The number of aryl methyl sites for hydroxylation is 1. The zero-order chi connectivity index (χ0) is 17.0. The van der Waals surface area contributed by atoms with Crippen molar-refractivity contribution in [2.75, 3.05) is 11.9 Å². The van der Waals surface area contributed by atoms with Crippen molar-refractivity contribution in [3.05, 3.63) is 40.2 Å². The molecule has 122 valence electrons. The predicted molar refractivity (Wildman–Crippen MR) is 88.8 cm³/mol. The fraction of sp³-hybridized carbons (Fsp3) is 0.353. The molecule has 1 amide bonds. The van der Waals surface area contributed by atoms with Gasteiger partial charge < -0.3 is 14.6 Å². The second-order valence-corrected chi connectivity index (χ2v) is 5.01. The highest BCUT2D eigenvalue weighted by Gasteiger charge is 2.16. The molecular formula is C17H20N2O4. The first kappa shape index (κ1) is 16.7. The summed E-state index contributed by atoms with van der Waals surface area (Å²) in [6.07, 6.45) is 1.87. The normalized spacial score (nSPS) is 10.6. The summed E-state index contributed by atoms with van der Waals surface area (Å²) >= 11 is 0. The first-order valence-electron chi connectivity index (χ1n) is 7.65. The molecule has 0 aliphatic heterocycles. The number of hydrogen-bond donors (Lipinski definition) is 1. The third kappa shape index (κ3) is 3.41. The number of nitrogens with zero attached hydrogens (tertiary/aromatic N) is 1. The minimum absolute atomic E-state index is 0.000156. The number of aromatic nitrogens is 1. The number of ether oxygens (including phenoxy) is 1. The van der Waals surface area contributed by atoms with Crippen molar-refractivity contribution in [2.45, 2.75) is 33.7 Å². The van der Waals surface area contributed by atoms with Crippen LogP contribution >= 0.6 is 0 Å². The van der Waals surface area contributed by atoms with Crippen LogP contribution in [0.15, 0.2) is 29.2 Å². The Balaban J connectivity index is 2.63. The molecule has 23 heavy (non-hydrogen) atoms. The lowest BCUT2D eigenvalue weighted by Gasteiger charge is -2.12. The van der Waals surface area contributed by atoms with Gasteiger partial charge in [-0.1, -0.05) is 6.92 Å². The average molecular weight is 316 g/mol. The maximum atomic E-state index is 12.6. The van der Waals surface area contributed by atoms with E-state index in [1.807, 2.05) is 11.5 Å². The minimum Gasteiger partial charge on any atom is -0.462 e. The molecular weight excluding hydrogens is 296 g/mol. The van der Waals surface area contributed by atoms with Crippen molar-refractivity contribution in [2.24, 2.45) is 0 Å². The van der Waals surface area contributed by atoms with Gasteiger partial charge in [-0.25, -0.2) is 4.79 Å². The summed E-state index contributed by atoms with van der Waals surface area (Å²) in [6, 6.07) is 5.10. The van der Waals surface area contributed by atoms with Crippen LogP contribution in [0.1, 0.15) is 37.6 Å². The number of pyridine rings is 1. The van der Waals surface area contributed by atoms with E-state index in [9.17, 15) is 14.4 Å². The molecule has 6 heteroatoms. The Hall–Kier alpha value is -2.63. The Kier molecular flexibility index (Phi) is 5.16. The number of fused-ring (bicyclic) bond motifs is 1. The maximum absolute atomic E-state index is 12.6. The van der Waals surface area contributed by atoms with Gasteiger partial charge in [0.15, 0.2) is 0 Å². The minimum atomic E-state index is -0.635. The highest BCUT2D eigenvalue weighted by atomic mass is 16.5. The number of carbonyl (C=O) groups is 2.